The Hall–Kier alpha value is -0.220. The maximum atomic E-state index is 11.3. The van der Waals surface area contributed by atoms with Crippen molar-refractivity contribution in [1.29, 1.82) is 0 Å². The number of thioether (sulfide) groups is 1. The Morgan fingerprint density at radius 1 is 1.35 bits per heavy atom. The summed E-state index contributed by atoms with van der Waals surface area (Å²) in [6.07, 6.45) is 4.89. The minimum atomic E-state index is -0.116. The number of carbonyl (C=O) groups excluding carboxylic acids is 1. The summed E-state index contributed by atoms with van der Waals surface area (Å²) < 4.78 is 5.23. The fourth-order valence-electron chi connectivity index (χ4n) is 1.76. The predicted octanol–water partition coefficient (Wildman–Crippen LogP) is 2.84. The van der Waals surface area contributed by atoms with E-state index in [9.17, 15) is 4.79 Å². The zero-order valence-electron chi connectivity index (χ0n) is 11.8. The average Bonchev–Trinajstić information content (AvgIpc) is 2.32. The second-order valence-electron chi connectivity index (χ2n) is 4.39. The molecule has 0 aromatic carbocycles. The van der Waals surface area contributed by atoms with Gasteiger partial charge in [-0.25, -0.2) is 0 Å². The molecule has 0 saturated heterocycles. The molecule has 0 aromatic rings. The molecule has 0 fully saturated rings. The predicted molar refractivity (Wildman–Crippen MR) is 75.5 cm³/mol. The Balaban J connectivity index is 4.04. The third kappa shape index (κ3) is 6.32. The van der Waals surface area contributed by atoms with Gasteiger partial charge in [0.05, 0.1) is 13.0 Å². The summed E-state index contributed by atoms with van der Waals surface area (Å²) in [7, 11) is 0. The molecule has 0 radical (unpaired) electrons. The highest BCUT2D eigenvalue weighted by atomic mass is 32.2. The maximum Gasteiger partial charge on any atom is 0.307 e. The van der Waals surface area contributed by atoms with Crippen LogP contribution in [-0.2, 0) is 9.53 Å². The molecule has 3 nitrogen and oxygen atoms in total. The lowest BCUT2D eigenvalue weighted by atomic mass is 10.0. The van der Waals surface area contributed by atoms with Gasteiger partial charge >= 0.3 is 5.97 Å². The van der Waals surface area contributed by atoms with E-state index in [1.165, 1.54) is 0 Å². The van der Waals surface area contributed by atoms with Crippen molar-refractivity contribution >= 4 is 17.7 Å². The van der Waals surface area contributed by atoms with Crippen molar-refractivity contribution in [3.05, 3.63) is 0 Å². The van der Waals surface area contributed by atoms with Crippen molar-refractivity contribution < 1.29 is 9.53 Å². The van der Waals surface area contributed by atoms with Crippen molar-refractivity contribution in [3.63, 3.8) is 0 Å². The highest BCUT2D eigenvalue weighted by molar-refractivity contribution is 8.00. The molecule has 102 valence electrons. The third-order valence-electron chi connectivity index (χ3n) is 3.27. The van der Waals surface area contributed by atoms with Gasteiger partial charge in [-0.1, -0.05) is 13.8 Å². The Kier molecular flexibility index (Phi) is 8.70. The molecule has 0 rings (SSSR count). The van der Waals surface area contributed by atoms with E-state index >= 15 is 0 Å². The SMILES string of the molecule is CCOC(=O)CC(C)NCC(CC)(CC)SC. The largest absolute Gasteiger partial charge is 0.466 e. The van der Waals surface area contributed by atoms with Crippen LogP contribution in [0.5, 0.6) is 0 Å². The van der Waals surface area contributed by atoms with Crippen molar-refractivity contribution in [2.24, 2.45) is 0 Å². The Labute approximate surface area is 110 Å². The van der Waals surface area contributed by atoms with Crippen LogP contribution in [-0.4, -0.2) is 36.2 Å². The summed E-state index contributed by atoms with van der Waals surface area (Å²) in [5.74, 6) is -0.116. The van der Waals surface area contributed by atoms with E-state index in [1.807, 2.05) is 25.6 Å². The van der Waals surface area contributed by atoms with Crippen LogP contribution in [0.3, 0.4) is 0 Å². The first-order valence-electron chi connectivity index (χ1n) is 6.47. The number of hydrogen-bond donors (Lipinski definition) is 1. The highest BCUT2D eigenvalue weighted by Gasteiger charge is 2.25. The van der Waals surface area contributed by atoms with Gasteiger partial charge in [-0.2, -0.15) is 11.8 Å². The zero-order valence-corrected chi connectivity index (χ0v) is 12.7. The molecule has 0 bridgehead atoms. The third-order valence-corrected chi connectivity index (χ3v) is 4.86. The molecule has 1 N–H and O–H groups in total. The van der Waals surface area contributed by atoms with E-state index < -0.39 is 0 Å². The molecule has 0 heterocycles. The lowest BCUT2D eigenvalue weighted by molar-refractivity contribution is -0.143. The summed E-state index contributed by atoms with van der Waals surface area (Å²) in [6.45, 7) is 9.72. The van der Waals surface area contributed by atoms with Crippen molar-refractivity contribution in [2.75, 3.05) is 19.4 Å². The summed E-state index contributed by atoms with van der Waals surface area (Å²) in [5, 5.41) is 3.44. The molecule has 0 saturated carbocycles. The highest BCUT2D eigenvalue weighted by Crippen LogP contribution is 2.29. The van der Waals surface area contributed by atoms with Crippen LogP contribution < -0.4 is 5.32 Å². The van der Waals surface area contributed by atoms with Gasteiger partial charge in [0.1, 0.15) is 0 Å². The molecule has 17 heavy (non-hydrogen) atoms. The van der Waals surface area contributed by atoms with E-state index in [0.29, 0.717) is 17.8 Å². The Morgan fingerprint density at radius 2 is 1.94 bits per heavy atom. The molecular weight excluding hydrogens is 234 g/mol. The number of carbonyl (C=O) groups is 1. The summed E-state index contributed by atoms with van der Waals surface area (Å²) in [6, 6.07) is 0.179. The Bertz CT molecular complexity index is 209. The fraction of sp³-hybridized carbons (Fsp3) is 0.923. The molecule has 4 heteroatoms. The van der Waals surface area contributed by atoms with Crippen LogP contribution in [0.25, 0.3) is 0 Å². The van der Waals surface area contributed by atoms with Crippen LogP contribution >= 0.6 is 11.8 Å². The van der Waals surface area contributed by atoms with Gasteiger partial charge in [-0.15, -0.1) is 0 Å². The molecule has 1 atom stereocenters. The lowest BCUT2D eigenvalue weighted by Crippen LogP contribution is -2.41. The number of hydrogen-bond acceptors (Lipinski definition) is 4. The van der Waals surface area contributed by atoms with E-state index in [0.717, 1.165) is 19.4 Å². The smallest absolute Gasteiger partial charge is 0.307 e. The molecule has 1 unspecified atom stereocenters. The monoisotopic (exact) mass is 261 g/mol. The van der Waals surface area contributed by atoms with Gasteiger partial charge in [0.15, 0.2) is 0 Å². The van der Waals surface area contributed by atoms with E-state index in [4.69, 9.17) is 4.74 Å². The normalized spacial score (nSPS) is 13.5. The number of esters is 1. The topological polar surface area (TPSA) is 38.3 Å². The summed E-state index contributed by atoms with van der Waals surface area (Å²) in [4.78, 5) is 11.3. The van der Waals surface area contributed by atoms with Crippen molar-refractivity contribution in [3.8, 4) is 0 Å². The average molecular weight is 261 g/mol. The van der Waals surface area contributed by atoms with Crippen LogP contribution in [0, 0.1) is 0 Å². The van der Waals surface area contributed by atoms with Crippen molar-refractivity contribution in [1.82, 2.24) is 5.32 Å². The molecule has 0 aromatic heterocycles. The van der Waals surface area contributed by atoms with Gasteiger partial charge in [0, 0.05) is 17.3 Å². The number of ether oxygens (including phenoxy) is 1. The maximum absolute atomic E-state index is 11.3. The number of rotatable bonds is 9. The summed E-state index contributed by atoms with van der Waals surface area (Å²) >= 11 is 1.91. The molecule has 0 amide bonds. The van der Waals surface area contributed by atoms with E-state index in [1.54, 1.807) is 0 Å². The van der Waals surface area contributed by atoms with E-state index in [2.05, 4.69) is 25.4 Å². The zero-order chi connectivity index (χ0) is 13.3. The van der Waals surface area contributed by atoms with Crippen LogP contribution in [0.4, 0.5) is 0 Å². The first-order valence-corrected chi connectivity index (χ1v) is 7.70. The minimum Gasteiger partial charge on any atom is -0.466 e. The molecular formula is C13H27NO2S. The van der Waals surface area contributed by atoms with Gasteiger partial charge in [-0.05, 0) is 32.9 Å². The fourth-order valence-corrected chi connectivity index (χ4v) is 2.57. The van der Waals surface area contributed by atoms with Gasteiger partial charge in [0.2, 0.25) is 0 Å². The minimum absolute atomic E-state index is 0.116. The first-order chi connectivity index (χ1) is 8.03. The molecule has 0 aliphatic rings. The van der Waals surface area contributed by atoms with Gasteiger partial charge in [-0.3, -0.25) is 4.79 Å². The van der Waals surface area contributed by atoms with E-state index in [-0.39, 0.29) is 12.0 Å². The second kappa shape index (κ2) is 8.81. The lowest BCUT2D eigenvalue weighted by Gasteiger charge is -2.31. The Morgan fingerprint density at radius 3 is 2.35 bits per heavy atom. The standard InChI is InChI=1S/C13H27NO2S/c1-6-13(7-2,17-5)10-14-11(4)9-12(15)16-8-3/h11,14H,6-10H2,1-5H3. The summed E-state index contributed by atoms with van der Waals surface area (Å²) in [5.41, 5.74) is 0. The molecule has 0 spiro atoms. The second-order valence-corrected chi connectivity index (χ2v) is 5.66. The van der Waals surface area contributed by atoms with Crippen LogP contribution in [0.2, 0.25) is 0 Å². The quantitative estimate of drug-likeness (QED) is 0.648. The molecule has 0 aliphatic heterocycles. The van der Waals surface area contributed by atoms with Crippen LogP contribution in [0.1, 0.15) is 47.0 Å². The van der Waals surface area contributed by atoms with Gasteiger partial charge in [0.25, 0.3) is 0 Å². The van der Waals surface area contributed by atoms with Gasteiger partial charge < -0.3 is 10.1 Å². The van der Waals surface area contributed by atoms with Crippen molar-refractivity contribution in [2.45, 2.75) is 57.7 Å². The van der Waals surface area contributed by atoms with Crippen LogP contribution in [0.15, 0.2) is 0 Å². The number of nitrogens with one attached hydrogen (secondary N) is 1. The first kappa shape index (κ1) is 16.8. The molecule has 0 aliphatic carbocycles.